The van der Waals surface area contributed by atoms with E-state index in [2.05, 4.69) is 20.8 Å². The first kappa shape index (κ1) is 16.6. The third-order valence-electron chi connectivity index (χ3n) is 4.90. The fourth-order valence-electron chi connectivity index (χ4n) is 3.45. The zero-order valence-corrected chi connectivity index (χ0v) is 14.5. The van der Waals surface area contributed by atoms with Gasteiger partial charge in [-0.1, -0.05) is 5.10 Å². The van der Waals surface area contributed by atoms with Crippen LogP contribution in [-0.2, 0) is 9.47 Å². The molecule has 1 aliphatic carbocycles. The Morgan fingerprint density at radius 2 is 2.28 bits per heavy atom. The monoisotopic (exact) mass is 351 g/mol. The molecular weight excluding hydrogens is 326 g/mol. The maximum absolute atomic E-state index is 12.4. The van der Waals surface area contributed by atoms with Crippen LogP contribution in [0.15, 0.2) is 4.42 Å². The van der Waals surface area contributed by atoms with Crippen molar-refractivity contribution < 1.29 is 18.7 Å². The minimum atomic E-state index is -0.422. The fourth-order valence-corrected chi connectivity index (χ4v) is 3.45. The number of carbonyl (C=O) groups excluding carboxylic acids is 1. The van der Waals surface area contributed by atoms with Crippen LogP contribution in [0.1, 0.15) is 25.2 Å². The topological polar surface area (TPSA) is 102 Å². The summed E-state index contributed by atoms with van der Waals surface area (Å²) in [4.78, 5) is 14.2. The zero-order chi connectivity index (χ0) is 17.3. The highest BCUT2D eigenvalue weighted by molar-refractivity contribution is 5.75. The van der Waals surface area contributed by atoms with Crippen LogP contribution in [0.25, 0.3) is 0 Å². The lowest BCUT2D eigenvalue weighted by Gasteiger charge is -2.31. The first-order valence-electron chi connectivity index (χ1n) is 8.93. The van der Waals surface area contributed by atoms with Crippen LogP contribution in [0.3, 0.4) is 0 Å². The minimum absolute atomic E-state index is 0.00103. The molecule has 9 heteroatoms. The van der Waals surface area contributed by atoms with Crippen LogP contribution < -0.4 is 10.6 Å². The average molecular weight is 351 g/mol. The molecule has 138 valence electrons. The van der Waals surface area contributed by atoms with Crippen molar-refractivity contribution in [1.82, 2.24) is 20.4 Å². The lowest BCUT2D eigenvalue weighted by atomic mass is 9.94. The van der Waals surface area contributed by atoms with Gasteiger partial charge in [-0.3, -0.25) is 0 Å². The summed E-state index contributed by atoms with van der Waals surface area (Å²) in [6.07, 6.45) is 3.00. The Hall–Kier alpha value is -1.87. The molecule has 2 N–H and O–H groups in total. The van der Waals surface area contributed by atoms with Gasteiger partial charge in [0.1, 0.15) is 5.60 Å². The largest absolute Gasteiger partial charge is 0.408 e. The first-order chi connectivity index (χ1) is 12.1. The second-order valence-corrected chi connectivity index (χ2v) is 7.27. The molecule has 3 fully saturated rings. The highest BCUT2D eigenvalue weighted by Crippen LogP contribution is 2.33. The molecule has 2 saturated heterocycles. The van der Waals surface area contributed by atoms with Crippen molar-refractivity contribution >= 4 is 12.0 Å². The summed E-state index contributed by atoms with van der Waals surface area (Å²) in [7, 11) is 0. The number of amides is 2. The number of hydrogen-bond acceptors (Lipinski definition) is 7. The maximum Gasteiger partial charge on any atom is 0.317 e. The van der Waals surface area contributed by atoms with Gasteiger partial charge in [-0.25, -0.2) is 4.79 Å². The summed E-state index contributed by atoms with van der Waals surface area (Å²) >= 11 is 0. The number of nitrogens with zero attached hydrogens (tertiary/aromatic N) is 3. The van der Waals surface area contributed by atoms with E-state index in [1.54, 1.807) is 6.92 Å². The second kappa shape index (κ2) is 6.80. The van der Waals surface area contributed by atoms with E-state index in [9.17, 15) is 4.79 Å². The van der Waals surface area contributed by atoms with Gasteiger partial charge >= 0.3 is 12.0 Å². The number of rotatable bonds is 4. The SMILES string of the molecule is Cc1nnc(NCC2COC3(COCCN(C(=O)NC4CC4)C3)C2)o1. The Labute approximate surface area is 146 Å². The van der Waals surface area contributed by atoms with E-state index in [1.807, 2.05) is 4.90 Å². The van der Waals surface area contributed by atoms with Gasteiger partial charge in [-0.2, -0.15) is 0 Å². The molecule has 0 aromatic carbocycles. The Morgan fingerprint density at radius 3 is 3.04 bits per heavy atom. The summed E-state index contributed by atoms with van der Waals surface area (Å²) in [5.74, 6) is 0.846. The third kappa shape index (κ3) is 4.04. The number of nitrogens with one attached hydrogen (secondary N) is 2. The molecule has 2 aliphatic heterocycles. The van der Waals surface area contributed by atoms with Gasteiger partial charge in [0.2, 0.25) is 5.89 Å². The van der Waals surface area contributed by atoms with Gasteiger partial charge in [0, 0.05) is 32.0 Å². The van der Waals surface area contributed by atoms with Gasteiger partial charge in [0.25, 0.3) is 0 Å². The molecule has 3 heterocycles. The van der Waals surface area contributed by atoms with E-state index in [0.29, 0.717) is 63.3 Å². The molecule has 1 aromatic heterocycles. The quantitative estimate of drug-likeness (QED) is 0.826. The number of aryl methyl sites for hydroxylation is 1. The number of carbonyl (C=O) groups is 1. The zero-order valence-electron chi connectivity index (χ0n) is 14.5. The Kier molecular flexibility index (Phi) is 4.51. The summed E-state index contributed by atoms with van der Waals surface area (Å²) in [5, 5.41) is 14.0. The van der Waals surface area contributed by atoms with Crippen molar-refractivity contribution in [2.45, 2.75) is 37.8 Å². The van der Waals surface area contributed by atoms with Crippen molar-refractivity contribution in [2.24, 2.45) is 5.92 Å². The van der Waals surface area contributed by atoms with E-state index in [1.165, 1.54) is 0 Å². The normalized spacial score (nSPS) is 29.6. The van der Waals surface area contributed by atoms with E-state index >= 15 is 0 Å². The summed E-state index contributed by atoms with van der Waals surface area (Å²) in [6, 6.07) is 0.784. The van der Waals surface area contributed by atoms with E-state index < -0.39 is 5.60 Å². The van der Waals surface area contributed by atoms with E-state index in [0.717, 1.165) is 19.3 Å². The minimum Gasteiger partial charge on any atom is -0.408 e. The molecule has 3 aliphatic rings. The number of anilines is 1. The highest BCUT2D eigenvalue weighted by Gasteiger charge is 2.44. The van der Waals surface area contributed by atoms with Crippen LogP contribution in [0.5, 0.6) is 0 Å². The standard InChI is InChI=1S/C16H25N5O4/c1-11-19-20-14(25-11)17-7-12-6-16(24-8-12)9-21(4-5-23-10-16)15(22)18-13-2-3-13/h12-13H,2-10H2,1H3,(H,17,20)(H,18,22). The molecule has 0 bridgehead atoms. The van der Waals surface area contributed by atoms with Crippen LogP contribution in [-0.4, -0.2) is 72.2 Å². The smallest absolute Gasteiger partial charge is 0.317 e. The molecule has 4 rings (SSSR count). The summed E-state index contributed by atoms with van der Waals surface area (Å²) < 4.78 is 17.2. The van der Waals surface area contributed by atoms with Crippen LogP contribution >= 0.6 is 0 Å². The Balaban J connectivity index is 1.33. The van der Waals surface area contributed by atoms with Crippen molar-refractivity contribution in [3.8, 4) is 0 Å². The first-order valence-corrected chi connectivity index (χ1v) is 8.93. The van der Waals surface area contributed by atoms with Crippen molar-refractivity contribution in [3.05, 3.63) is 5.89 Å². The van der Waals surface area contributed by atoms with Crippen LogP contribution in [0.2, 0.25) is 0 Å². The van der Waals surface area contributed by atoms with Gasteiger partial charge < -0.3 is 29.4 Å². The summed E-state index contributed by atoms with van der Waals surface area (Å²) in [5.41, 5.74) is -0.422. The molecule has 9 nitrogen and oxygen atoms in total. The Bertz CT molecular complexity index is 619. The van der Waals surface area contributed by atoms with Gasteiger partial charge in [-0.05, 0) is 19.3 Å². The molecule has 1 saturated carbocycles. The lowest BCUT2D eigenvalue weighted by Crippen LogP contribution is -2.50. The highest BCUT2D eigenvalue weighted by atomic mass is 16.5. The number of urea groups is 1. The molecule has 2 atom stereocenters. The Morgan fingerprint density at radius 1 is 1.40 bits per heavy atom. The molecular formula is C16H25N5O4. The second-order valence-electron chi connectivity index (χ2n) is 7.27. The summed E-state index contributed by atoms with van der Waals surface area (Å²) in [6.45, 7) is 5.33. The fraction of sp³-hybridized carbons (Fsp3) is 0.812. The molecule has 25 heavy (non-hydrogen) atoms. The third-order valence-corrected chi connectivity index (χ3v) is 4.90. The molecule has 2 unspecified atom stereocenters. The van der Waals surface area contributed by atoms with Gasteiger partial charge in [-0.15, -0.1) is 5.10 Å². The molecule has 1 aromatic rings. The van der Waals surface area contributed by atoms with Crippen molar-refractivity contribution in [2.75, 3.05) is 44.8 Å². The molecule has 1 spiro atoms. The van der Waals surface area contributed by atoms with Gasteiger partial charge in [0.15, 0.2) is 0 Å². The van der Waals surface area contributed by atoms with Crippen molar-refractivity contribution in [1.29, 1.82) is 0 Å². The number of hydrogen-bond donors (Lipinski definition) is 2. The van der Waals surface area contributed by atoms with Crippen molar-refractivity contribution in [3.63, 3.8) is 0 Å². The van der Waals surface area contributed by atoms with Crippen LogP contribution in [0.4, 0.5) is 10.8 Å². The van der Waals surface area contributed by atoms with E-state index in [-0.39, 0.29) is 6.03 Å². The van der Waals surface area contributed by atoms with Crippen LogP contribution in [0, 0.1) is 12.8 Å². The number of aromatic nitrogens is 2. The lowest BCUT2D eigenvalue weighted by molar-refractivity contribution is -0.0530. The van der Waals surface area contributed by atoms with Gasteiger partial charge in [0.05, 0.1) is 26.4 Å². The molecule has 0 radical (unpaired) electrons. The predicted octanol–water partition coefficient (Wildman–Crippen LogP) is 0.769. The maximum atomic E-state index is 12.4. The number of ether oxygens (including phenoxy) is 2. The average Bonchev–Trinajstić information content (AvgIpc) is 3.22. The predicted molar refractivity (Wildman–Crippen MR) is 88.3 cm³/mol. The van der Waals surface area contributed by atoms with E-state index in [4.69, 9.17) is 13.9 Å². The molecule has 2 amide bonds.